The van der Waals surface area contributed by atoms with E-state index in [1.165, 1.54) is 11.1 Å². The molecule has 3 heterocycles. The predicted octanol–water partition coefficient (Wildman–Crippen LogP) is 4.87. The van der Waals surface area contributed by atoms with Crippen LogP contribution < -0.4 is 0 Å². The molecular formula is C24H20N6S. The van der Waals surface area contributed by atoms with Gasteiger partial charge in [-0.05, 0) is 41.5 Å². The molecule has 31 heavy (non-hydrogen) atoms. The molecule has 0 N–H and O–H groups in total. The summed E-state index contributed by atoms with van der Waals surface area (Å²) in [5.74, 6) is 1.63. The molecule has 0 saturated heterocycles. The van der Waals surface area contributed by atoms with E-state index in [0.29, 0.717) is 6.54 Å². The van der Waals surface area contributed by atoms with E-state index < -0.39 is 0 Å². The van der Waals surface area contributed by atoms with Crippen molar-refractivity contribution < 1.29 is 0 Å². The molecule has 0 radical (unpaired) electrons. The maximum absolute atomic E-state index is 4.50. The summed E-state index contributed by atoms with van der Waals surface area (Å²) < 4.78 is 4.02. The van der Waals surface area contributed by atoms with E-state index in [1.54, 1.807) is 24.2 Å². The molecule has 3 aromatic heterocycles. The third-order valence-corrected chi connectivity index (χ3v) is 5.93. The molecule has 0 aliphatic heterocycles. The van der Waals surface area contributed by atoms with Gasteiger partial charge in [0.15, 0.2) is 11.0 Å². The summed E-state index contributed by atoms with van der Waals surface area (Å²) in [6.07, 6.45) is 7.32. The van der Waals surface area contributed by atoms with Crippen molar-refractivity contribution in [2.45, 2.75) is 17.5 Å². The quantitative estimate of drug-likeness (QED) is 0.349. The van der Waals surface area contributed by atoms with Crippen molar-refractivity contribution in [1.29, 1.82) is 0 Å². The van der Waals surface area contributed by atoms with Gasteiger partial charge in [0.05, 0.1) is 12.2 Å². The van der Waals surface area contributed by atoms with Crippen LogP contribution in [0.5, 0.6) is 0 Å². The molecule has 0 aliphatic carbocycles. The topological polar surface area (TPSA) is 61.4 Å². The van der Waals surface area contributed by atoms with E-state index in [1.807, 2.05) is 41.3 Å². The van der Waals surface area contributed by atoms with Crippen molar-refractivity contribution >= 4 is 11.8 Å². The van der Waals surface area contributed by atoms with Gasteiger partial charge in [-0.25, -0.2) is 4.68 Å². The van der Waals surface area contributed by atoms with Crippen LogP contribution in [-0.4, -0.2) is 29.5 Å². The van der Waals surface area contributed by atoms with Crippen LogP contribution in [0.15, 0.2) is 103 Å². The highest BCUT2D eigenvalue weighted by molar-refractivity contribution is 7.98. The number of hydrogen-bond donors (Lipinski definition) is 0. The van der Waals surface area contributed by atoms with Crippen LogP contribution in [-0.2, 0) is 12.3 Å². The fourth-order valence-electron chi connectivity index (χ4n) is 3.33. The first kappa shape index (κ1) is 19.3. The Hall–Kier alpha value is -3.71. The van der Waals surface area contributed by atoms with Gasteiger partial charge in [0, 0.05) is 36.1 Å². The van der Waals surface area contributed by atoms with Gasteiger partial charge in [0.1, 0.15) is 0 Å². The molecule has 0 atom stereocenters. The van der Waals surface area contributed by atoms with E-state index in [-0.39, 0.29) is 0 Å². The Kier molecular flexibility index (Phi) is 5.58. The number of benzene rings is 2. The maximum Gasteiger partial charge on any atom is 0.192 e. The summed E-state index contributed by atoms with van der Waals surface area (Å²) in [7, 11) is 0. The fraction of sp³-hybridized carbons (Fsp3) is 0.0833. The van der Waals surface area contributed by atoms with Gasteiger partial charge in [0.2, 0.25) is 0 Å². The highest BCUT2D eigenvalue weighted by Crippen LogP contribution is 2.27. The summed E-state index contributed by atoms with van der Waals surface area (Å²) in [4.78, 5) is 4.25. The normalized spacial score (nSPS) is 11.0. The summed E-state index contributed by atoms with van der Waals surface area (Å²) in [5.41, 5.74) is 4.43. The van der Waals surface area contributed by atoms with Crippen molar-refractivity contribution in [1.82, 2.24) is 29.5 Å². The Balaban J connectivity index is 1.39. The first-order valence-electron chi connectivity index (χ1n) is 9.96. The number of thioether (sulfide) groups is 1. The zero-order valence-corrected chi connectivity index (χ0v) is 17.6. The second-order valence-corrected chi connectivity index (χ2v) is 7.97. The zero-order valence-electron chi connectivity index (χ0n) is 16.7. The summed E-state index contributed by atoms with van der Waals surface area (Å²) >= 11 is 1.68. The second kappa shape index (κ2) is 8.97. The zero-order chi connectivity index (χ0) is 20.9. The molecule has 0 spiro atoms. The van der Waals surface area contributed by atoms with Gasteiger partial charge in [-0.15, -0.1) is 10.2 Å². The van der Waals surface area contributed by atoms with E-state index in [9.17, 15) is 0 Å². The number of nitrogens with zero attached hydrogens (tertiary/aromatic N) is 6. The minimum absolute atomic E-state index is 0.707. The van der Waals surface area contributed by atoms with Gasteiger partial charge in [-0.2, -0.15) is 5.10 Å². The van der Waals surface area contributed by atoms with Gasteiger partial charge in [-0.1, -0.05) is 54.2 Å². The van der Waals surface area contributed by atoms with E-state index in [4.69, 9.17) is 0 Å². The molecule has 0 fully saturated rings. The van der Waals surface area contributed by atoms with Gasteiger partial charge in [0.25, 0.3) is 0 Å². The van der Waals surface area contributed by atoms with Crippen LogP contribution >= 0.6 is 11.8 Å². The monoisotopic (exact) mass is 424 g/mol. The Morgan fingerprint density at radius 3 is 2.39 bits per heavy atom. The molecule has 6 nitrogen and oxygen atoms in total. The van der Waals surface area contributed by atoms with Crippen LogP contribution in [0.2, 0.25) is 0 Å². The number of hydrogen-bond acceptors (Lipinski definition) is 5. The van der Waals surface area contributed by atoms with Gasteiger partial charge < -0.3 is 0 Å². The van der Waals surface area contributed by atoms with Gasteiger partial charge in [-0.3, -0.25) is 9.55 Å². The summed E-state index contributed by atoms with van der Waals surface area (Å²) in [6, 6.07) is 24.7. The van der Waals surface area contributed by atoms with Crippen molar-refractivity contribution in [3.8, 4) is 17.1 Å². The summed E-state index contributed by atoms with van der Waals surface area (Å²) in [5, 5.41) is 14.1. The molecule has 2 aromatic carbocycles. The lowest BCUT2D eigenvalue weighted by molar-refractivity contribution is 0.714. The first-order chi connectivity index (χ1) is 15.4. The minimum Gasteiger partial charge on any atom is -0.297 e. The minimum atomic E-state index is 0.707. The van der Waals surface area contributed by atoms with Crippen LogP contribution in [0, 0.1) is 0 Å². The summed E-state index contributed by atoms with van der Waals surface area (Å²) in [6.45, 7) is 0.707. The van der Waals surface area contributed by atoms with Gasteiger partial charge >= 0.3 is 0 Å². The van der Waals surface area contributed by atoms with Crippen LogP contribution in [0.25, 0.3) is 17.1 Å². The first-order valence-corrected chi connectivity index (χ1v) is 10.9. The van der Waals surface area contributed by atoms with E-state index in [0.717, 1.165) is 28.0 Å². The second-order valence-electron chi connectivity index (χ2n) is 7.03. The molecule has 0 bridgehead atoms. The maximum atomic E-state index is 4.50. The molecule has 0 aliphatic rings. The van der Waals surface area contributed by atoms with E-state index >= 15 is 0 Å². The van der Waals surface area contributed by atoms with Crippen LogP contribution in [0.1, 0.15) is 11.1 Å². The third kappa shape index (κ3) is 4.41. The molecular weight excluding hydrogens is 404 g/mol. The molecule has 5 aromatic rings. The molecule has 152 valence electrons. The highest BCUT2D eigenvalue weighted by atomic mass is 32.2. The van der Waals surface area contributed by atoms with E-state index in [2.05, 4.69) is 73.4 Å². The largest absolute Gasteiger partial charge is 0.297 e. The lowest BCUT2D eigenvalue weighted by atomic mass is 10.2. The van der Waals surface area contributed by atoms with Crippen molar-refractivity contribution in [3.63, 3.8) is 0 Å². The number of pyridine rings is 1. The Labute approximate surface area is 184 Å². The predicted molar refractivity (Wildman–Crippen MR) is 122 cm³/mol. The Morgan fingerprint density at radius 2 is 1.65 bits per heavy atom. The van der Waals surface area contributed by atoms with Crippen molar-refractivity contribution in [3.05, 3.63) is 109 Å². The third-order valence-electron chi connectivity index (χ3n) is 4.89. The van der Waals surface area contributed by atoms with Crippen molar-refractivity contribution in [2.75, 3.05) is 0 Å². The standard InChI is InChI=1S/C24H20N6S/c1-2-6-19(7-3-1)17-29-23(21-8-4-13-25-16-21)27-28-24(29)31-18-20-9-11-22(12-10-20)30-15-5-14-26-30/h1-16H,17-18H2. The van der Waals surface area contributed by atoms with Crippen LogP contribution in [0.4, 0.5) is 0 Å². The fourth-order valence-corrected chi connectivity index (χ4v) is 4.22. The van der Waals surface area contributed by atoms with Crippen LogP contribution in [0.3, 0.4) is 0 Å². The SMILES string of the molecule is c1ccc(Cn2c(SCc3ccc(-n4cccn4)cc3)nnc2-c2cccnc2)cc1. The smallest absolute Gasteiger partial charge is 0.192 e. The molecule has 0 saturated carbocycles. The molecule has 5 rings (SSSR count). The Morgan fingerprint density at radius 1 is 0.774 bits per heavy atom. The Bertz CT molecular complexity index is 1230. The number of rotatable bonds is 7. The molecule has 0 amide bonds. The average Bonchev–Trinajstić information content (AvgIpc) is 3.50. The molecule has 7 heteroatoms. The lowest BCUT2D eigenvalue weighted by Crippen LogP contribution is -2.04. The van der Waals surface area contributed by atoms with Crippen molar-refractivity contribution in [2.24, 2.45) is 0 Å². The highest BCUT2D eigenvalue weighted by Gasteiger charge is 2.15. The molecule has 0 unspecified atom stereocenters. The number of aromatic nitrogens is 6. The average molecular weight is 425 g/mol. The lowest BCUT2D eigenvalue weighted by Gasteiger charge is -2.10.